The van der Waals surface area contributed by atoms with Gasteiger partial charge in [0.1, 0.15) is 18.5 Å². The number of halogens is 4. The van der Waals surface area contributed by atoms with Crippen molar-refractivity contribution in [1.82, 2.24) is 15.6 Å². The van der Waals surface area contributed by atoms with E-state index in [1.807, 2.05) is 6.92 Å². The summed E-state index contributed by atoms with van der Waals surface area (Å²) in [6, 6.07) is 11.8. The number of aromatic nitrogens is 1. The van der Waals surface area contributed by atoms with E-state index < -0.39 is 53.4 Å². The Bertz CT molecular complexity index is 1530. The van der Waals surface area contributed by atoms with Crippen molar-refractivity contribution < 1.29 is 46.5 Å². The molecule has 2 heterocycles. The lowest BCUT2D eigenvalue weighted by Gasteiger charge is -2.41. The number of aliphatic hydroxyl groups is 1. The van der Waals surface area contributed by atoms with Crippen molar-refractivity contribution >= 4 is 11.9 Å². The maximum Gasteiger partial charge on any atom is 0.424 e. The normalized spacial score (nSPS) is 18.2. The number of methoxy groups -OCH3 is 1. The first-order valence-corrected chi connectivity index (χ1v) is 14.3. The summed E-state index contributed by atoms with van der Waals surface area (Å²) in [7, 11) is 1.32. The molecule has 2 aromatic carbocycles. The summed E-state index contributed by atoms with van der Waals surface area (Å²) < 4.78 is 73.5. The third-order valence-electron chi connectivity index (χ3n) is 7.66. The second-order valence-corrected chi connectivity index (χ2v) is 11.0. The summed E-state index contributed by atoms with van der Waals surface area (Å²) in [5, 5.41) is 16.6. The summed E-state index contributed by atoms with van der Waals surface area (Å²) >= 11 is 0. The van der Waals surface area contributed by atoms with E-state index >= 15 is 0 Å². The number of hydrogen-bond donors (Lipinski definition) is 3. The van der Waals surface area contributed by atoms with Crippen LogP contribution < -0.4 is 20.1 Å². The van der Waals surface area contributed by atoms with E-state index in [1.165, 1.54) is 43.5 Å². The number of hydrogen-bond acceptors (Lipinski definition) is 8. The Hall–Kier alpha value is -4.23. The summed E-state index contributed by atoms with van der Waals surface area (Å²) in [6.07, 6.45) is -4.98. The molecule has 0 saturated carbocycles. The first kappa shape index (κ1) is 33.7. The van der Waals surface area contributed by atoms with Crippen molar-refractivity contribution in [2.75, 3.05) is 26.8 Å². The fourth-order valence-electron chi connectivity index (χ4n) is 4.70. The van der Waals surface area contributed by atoms with Crippen molar-refractivity contribution in [2.45, 2.75) is 57.0 Å². The molecule has 242 valence electrons. The molecule has 1 fully saturated rings. The Labute approximate surface area is 257 Å². The van der Waals surface area contributed by atoms with Crippen LogP contribution in [-0.2, 0) is 20.7 Å². The smallest absolute Gasteiger partial charge is 0.424 e. The Morgan fingerprint density at radius 3 is 2.38 bits per heavy atom. The number of ether oxygens (including phenoxy) is 3. The van der Waals surface area contributed by atoms with Crippen LogP contribution in [0.4, 0.5) is 17.6 Å². The Morgan fingerprint density at radius 2 is 1.80 bits per heavy atom. The molecule has 3 aromatic rings. The van der Waals surface area contributed by atoms with Gasteiger partial charge in [-0.1, -0.05) is 6.92 Å². The lowest BCUT2D eigenvalue weighted by Crippen LogP contribution is -2.53. The molecule has 13 heteroatoms. The first-order valence-electron chi connectivity index (χ1n) is 14.3. The summed E-state index contributed by atoms with van der Waals surface area (Å²) in [5.41, 5.74) is -4.12. The summed E-state index contributed by atoms with van der Waals surface area (Å²) in [5.74, 6) is -1.52. The molecule has 1 saturated heterocycles. The maximum atomic E-state index is 14.6. The number of rotatable bonds is 12. The molecule has 0 radical (unpaired) electrons. The van der Waals surface area contributed by atoms with Gasteiger partial charge < -0.3 is 30.0 Å². The van der Waals surface area contributed by atoms with Gasteiger partial charge in [-0.25, -0.2) is 9.37 Å². The standard InChI is InChI=1S/C32H35F4N3O6/c1-5-28(40)45-19(2)17-44-25-11-8-21(14-26(25)43-4)29(41)37-18-31(42,32(34,35)36)27-16-22(30(3)12-13-38-30)15-24(39-27)20-6-9-23(33)10-7-20/h6-11,14-16,19,38,42H,5,12-13,17-18H2,1-4H3,(H,37,41)/t19-,30+,31-/m1/s1. The van der Waals surface area contributed by atoms with Crippen molar-refractivity contribution in [3.8, 4) is 22.8 Å². The van der Waals surface area contributed by atoms with Crippen LogP contribution in [0.15, 0.2) is 54.6 Å². The second-order valence-electron chi connectivity index (χ2n) is 11.0. The van der Waals surface area contributed by atoms with Crippen LogP contribution >= 0.6 is 0 Å². The van der Waals surface area contributed by atoms with E-state index in [9.17, 15) is 32.3 Å². The Kier molecular flexibility index (Phi) is 10.0. The molecule has 0 bridgehead atoms. The van der Waals surface area contributed by atoms with Crippen LogP contribution in [0.3, 0.4) is 0 Å². The van der Waals surface area contributed by atoms with E-state index in [0.29, 0.717) is 24.1 Å². The number of benzene rings is 2. The number of amides is 1. The maximum absolute atomic E-state index is 14.6. The molecule has 1 aliphatic rings. The van der Waals surface area contributed by atoms with E-state index in [1.54, 1.807) is 19.9 Å². The van der Waals surface area contributed by atoms with Crippen LogP contribution in [0.25, 0.3) is 11.3 Å². The zero-order chi connectivity index (χ0) is 33.0. The minimum Gasteiger partial charge on any atom is -0.493 e. The molecular weight excluding hydrogens is 598 g/mol. The van der Waals surface area contributed by atoms with Gasteiger partial charge in [0, 0.05) is 23.1 Å². The van der Waals surface area contributed by atoms with Crippen LogP contribution in [0.5, 0.6) is 11.5 Å². The van der Waals surface area contributed by atoms with Gasteiger partial charge in [0.15, 0.2) is 11.5 Å². The van der Waals surface area contributed by atoms with Gasteiger partial charge >= 0.3 is 12.1 Å². The van der Waals surface area contributed by atoms with E-state index in [2.05, 4.69) is 15.6 Å². The van der Waals surface area contributed by atoms with Gasteiger partial charge in [-0.2, -0.15) is 13.2 Å². The van der Waals surface area contributed by atoms with Crippen molar-refractivity contribution in [2.24, 2.45) is 0 Å². The molecule has 4 rings (SSSR count). The Balaban J connectivity index is 1.59. The lowest BCUT2D eigenvalue weighted by molar-refractivity contribution is -0.265. The number of nitrogens with zero attached hydrogens (tertiary/aromatic N) is 1. The monoisotopic (exact) mass is 633 g/mol. The number of carbonyl (C=O) groups is 2. The predicted octanol–water partition coefficient (Wildman–Crippen LogP) is 5.01. The SMILES string of the molecule is CCC(=O)O[C@H](C)COc1ccc(C(=O)NC[C@@](O)(c2cc([C@]3(C)CCN3)cc(-c3ccc(F)cc3)n2)C(F)(F)F)cc1OC. The third kappa shape index (κ3) is 7.54. The Morgan fingerprint density at radius 1 is 1.11 bits per heavy atom. The average Bonchev–Trinajstić information content (AvgIpc) is 3.00. The highest BCUT2D eigenvalue weighted by molar-refractivity contribution is 5.95. The molecule has 0 unspecified atom stereocenters. The number of carbonyl (C=O) groups excluding carboxylic acids is 2. The number of nitrogens with one attached hydrogen (secondary N) is 2. The van der Waals surface area contributed by atoms with Gasteiger partial charge in [-0.15, -0.1) is 0 Å². The predicted molar refractivity (Wildman–Crippen MR) is 156 cm³/mol. The second kappa shape index (κ2) is 13.4. The van der Waals surface area contributed by atoms with Gasteiger partial charge in [-0.3, -0.25) is 9.59 Å². The van der Waals surface area contributed by atoms with Gasteiger partial charge in [0.2, 0.25) is 5.60 Å². The highest BCUT2D eigenvalue weighted by Crippen LogP contribution is 2.41. The zero-order valence-corrected chi connectivity index (χ0v) is 25.3. The molecule has 45 heavy (non-hydrogen) atoms. The van der Waals surface area contributed by atoms with Crippen molar-refractivity contribution in [1.29, 1.82) is 0 Å². The largest absolute Gasteiger partial charge is 0.493 e. The highest BCUT2D eigenvalue weighted by atomic mass is 19.4. The minimum atomic E-state index is -5.24. The molecule has 3 atom stereocenters. The van der Waals surface area contributed by atoms with Gasteiger partial charge in [0.25, 0.3) is 5.91 Å². The summed E-state index contributed by atoms with van der Waals surface area (Å²) in [4.78, 5) is 28.7. The first-order chi connectivity index (χ1) is 21.2. The zero-order valence-electron chi connectivity index (χ0n) is 25.3. The molecule has 1 amide bonds. The molecule has 1 aliphatic heterocycles. The minimum absolute atomic E-state index is 0.00715. The third-order valence-corrected chi connectivity index (χ3v) is 7.66. The van der Waals surface area contributed by atoms with Crippen LogP contribution in [0, 0.1) is 5.82 Å². The van der Waals surface area contributed by atoms with Crippen LogP contribution in [0.1, 0.15) is 55.2 Å². The molecule has 0 spiro atoms. The average molecular weight is 634 g/mol. The van der Waals surface area contributed by atoms with Crippen LogP contribution in [-0.4, -0.2) is 61.1 Å². The number of esters is 1. The van der Waals surface area contributed by atoms with Crippen LogP contribution in [0.2, 0.25) is 0 Å². The van der Waals surface area contributed by atoms with E-state index in [0.717, 1.165) is 12.1 Å². The lowest BCUT2D eigenvalue weighted by atomic mass is 9.81. The number of alkyl halides is 3. The molecule has 0 aliphatic carbocycles. The quantitative estimate of drug-likeness (QED) is 0.188. The molecule has 3 N–H and O–H groups in total. The molecule has 1 aromatic heterocycles. The van der Waals surface area contributed by atoms with E-state index in [4.69, 9.17) is 14.2 Å². The summed E-state index contributed by atoms with van der Waals surface area (Å²) in [6.45, 7) is 4.51. The number of pyridine rings is 1. The topological polar surface area (TPSA) is 119 Å². The fraction of sp³-hybridized carbons (Fsp3) is 0.406. The van der Waals surface area contributed by atoms with Gasteiger partial charge in [-0.05, 0) is 87.0 Å². The van der Waals surface area contributed by atoms with Crippen molar-refractivity contribution in [3.05, 3.63) is 77.2 Å². The fourth-order valence-corrected chi connectivity index (χ4v) is 4.70. The highest BCUT2D eigenvalue weighted by Gasteiger charge is 2.57. The van der Waals surface area contributed by atoms with E-state index in [-0.39, 0.29) is 35.8 Å². The molecular formula is C32H35F4N3O6. The van der Waals surface area contributed by atoms with Crippen molar-refractivity contribution in [3.63, 3.8) is 0 Å². The molecule has 9 nitrogen and oxygen atoms in total. The van der Waals surface area contributed by atoms with Gasteiger partial charge in [0.05, 0.1) is 25.0 Å².